The SMILES string of the molecule is CCOc1cc(C)c(S(=O)(=O)N2CCn3c(O)c4ccc(C)nc4c3C2)cc1C. The number of rotatable bonds is 4. The van der Waals surface area contributed by atoms with Gasteiger partial charge in [-0.3, -0.25) is 4.98 Å². The molecular formula is C21H25N3O4S. The lowest BCUT2D eigenvalue weighted by Gasteiger charge is -2.29. The van der Waals surface area contributed by atoms with E-state index in [1.54, 1.807) is 23.6 Å². The van der Waals surface area contributed by atoms with Crippen molar-refractivity contribution < 1.29 is 18.3 Å². The summed E-state index contributed by atoms with van der Waals surface area (Å²) < 4.78 is 35.7. The van der Waals surface area contributed by atoms with Crippen LogP contribution in [0.2, 0.25) is 0 Å². The van der Waals surface area contributed by atoms with Gasteiger partial charge in [0.15, 0.2) is 0 Å². The number of aromatic hydroxyl groups is 1. The third-order valence-corrected chi connectivity index (χ3v) is 7.41. The monoisotopic (exact) mass is 415 g/mol. The van der Waals surface area contributed by atoms with Crippen LogP contribution >= 0.6 is 0 Å². The number of ether oxygens (including phenoxy) is 1. The van der Waals surface area contributed by atoms with Gasteiger partial charge in [0.2, 0.25) is 15.9 Å². The van der Waals surface area contributed by atoms with E-state index < -0.39 is 10.0 Å². The highest BCUT2D eigenvalue weighted by molar-refractivity contribution is 7.89. The Balaban J connectivity index is 1.76. The molecule has 7 nitrogen and oxygen atoms in total. The molecule has 0 saturated carbocycles. The van der Waals surface area contributed by atoms with Gasteiger partial charge in [-0.2, -0.15) is 4.31 Å². The molecule has 1 aliphatic rings. The first-order valence-electron chi connectivity index (χ1n) is 9.66. The quantitative estimate of drug-likeness (QED) is 0.707. The fraction of sp³-hybridized carbons (Fsp3) is 0.381. The summed E-state index contributed by atoms with van der Waals surface area (Å²) in [6.07, 6.45) is 0. The highest BCUT2D eigenvalue weighted by atomic mass is 32.2. The van der Waals surface area contributed by atoms with Crippen LogP contribution in [0.25, 0.3) is 10.9 Å². The van der Waals surface area contributed by atoms with Crippen LogP contribution in [0.4, 0.5) is 0 Å². The van der Waals surface area contributed by atoms with Gasteiger partial charge in [-0.25, -0.2) is 8.42 Å². The van der Waals surface area contributed by atoms with E-state index in [1.165, 1.54) is 4.31 Å². The number of hydrogen-bond donors (Lipinski definition) is 1. The van der Waals surface area contributed by atoms with Gasteiger partial charge in [-0.1, -0.05) is 0 Å². The summed E-state index contributed by atoms with van der Waals surface area (Å²) in [7, 11) is -3.70. The summed E-state index contributed by atoms with van der Waals surface area (Å²) >= 11 is 0. The van der Waals surface area contributed by atoms with E-state index in [2.05, 4.69) is 4.98 Å². The molecule has 0 saturated heterocycles. The van der Waals surface area contributed by atoms with Crippen LogP contribution in [-0.2, 0) is 23.1 Å². The summed E-state index contributed by atoms with van der Waals surface area (Å²) in [6, 6.07) is 7.14. The molecule has 154 valence electrons. The fourth-order valence-corrected chi connectivity index (χ4v) is 5.60. The first kappa shape index (κ1) is 19.7. The topological polar surface area (TPSA) is 84.7 Å². The molecular weight excluding hydrogens is 390 g/mol. The molecule has 0 amide bonds. The lowest BCUT2D eigenvalue weighted by atomic mass is 10.1. The van der Waals surface area contributed by atoms with Crippen molar-refractivity contribution in [2.75, 3.05) is 13.2 Å². The van der Waals surface area contributed by atoms with Gasteiger partial charge >= 0.3 is 0 Å². The molecule has 3 aromatic rings. The van der Waals surface area contributed by atoms with Gasteiger partial charge < -0.3 is 14.4 Å². The molecule has 0 aliphatic carbocycles. The maximum atomic E-state index is 13.4. The van der Waals surface area contributed by atoms with Crippen LogP contribution in [0.15, 0.2) is 29.2 Å². The van der Waals surface area contributed by atoms with E-state index in [9.17, 15) is 13.5 Å². The van der Waals surface area contributed by atoms with Crippen molar-refractivity contribution in [1.82, 2.24) is 13.9 Å². The van der Waals surface area contributed by atoms with Crippen molar-refractivity contribution in [3.05, 3.63) is 46.8 Å². The largest absolute Gasteiger partial charge is 0.494 e. The van der Waals surface area contributed by atoms with Crippen LogP contribution in [-0.4, -0.2) is 40.5 Å². The number of hydrogen-bond acceptors (Lipinski definition) is 5. The third kappa shape index (κ3) is 3.16. The minimum atomic E-state index is -3.70. The van der Waals surface area contributed by atoms with E-state index in [0.29, 0.717) is 35.4 Å². The van der Waals surface area contributed by atoms with Gasteiger partial charge in [0.05, 0.1) is 34.6 Å². The minimum Gasteiger partial charge on any atom is -0.494 e. The van der Waals surface area contributed by atoms with Gasteiger partial charge in [0.25, 0.3) is 0 Å². The lowest BCUT2D eigenvalue weighted by molar-refractivity contribution is 0.317. The molecule has 0 bridgehead atoms. The van der Waals surface area contributed by atoms with E-state index in [1.807, 2.05) is 32.9 Å². The Morgan fingerprint density at radius 1 is 1.14 bits per heavy atom. The van der Waals surface area contributed by atoms with Crippen LogP contribution in [0.5, 0.6) is 11.6 Å². The normalized spacial score (nSPS) is 14.9. The highest BCUT2D eigenvalue weighted by Crippen LogP contribution is 2.36. The van der Waals surface area contributed by atoms with Gasteiger partial charge in [-0.15, -0.1) is 0 Å². The Morgan fingerprint density at radius 2 is 1.90 bits per heavy atom. The molecule has 0 fully saturated rings. The summed E-state index contributed by atoms with van der Waals surface area (Å²) in [4.78, 5) is 4.83. The predicted octanol–water partition coefficient (Wildman–Crippen LogP) is 3.27. The number of aromatic nitrogens is 2. The van der Waals surface area contributed by atoms with E-state index in [0.717, 1.165) is 17.0 Å². The number of aryl methyl sites for hydroxylation is 3. The highest BCUT2D eigenvalue weighted by Gasteiger charge is 2.33. The lowest BCUT2D eigenvalue weighted by Crippen LogP contribution is -2.38. The van der Waals surface area contributed by atoms with E-state index in [-0.39, 0.29) is 23.9 Å². The molecule has 0 spiro atoms. The zero-order valence-electron chi connectivity index (χ0n) is 17.1. The molecule has 1 N–H and O–H groups in total. The number of nitrogens with zero attached hydrogens (tertiary/aromatic N) is 3. The Bertz CT molecular complexity index is 1210. The molecule has 0 radical (unpaired) electrons. The maximum Gasteiger partial charge on any atom is 0.243 e. The first-order chi connectivity index (χ1) is 13.7. The van der Waals surface area contributed by atoms with Crippen LogP contribution in [0.3, 0.4) is 0 Å². The standard InChI is InChI=1S/C21H25N3O4S/c1-5-28-18-10-14(3)19(11-13(18)2)29(26,27)23-8-9-24-17(12-23)20-16(21(24)25)7-6-15(4)22-20/h6-7,10-11,25H,5,8-9,12H2,1-4H3. The van der Waals surface area contributed by atoms with Crippen LogP contribution in [0, 0.1) is 20.8 Å². The van der Waals surface area contributed by atoms with Gasteiger partial charge in [0, 0.05) is 18.8 Å². The third-order valence-electron chi connectivity index (χ3n) is 5.42. The number of sulfonamides is 1. The molecule has 29 heavy (non-hydrogen) atoms. The van der Waals surface area contributed by atoms with Crippen molar-refractivity contribution in [2.45, 2.75) is 45.7 Å². The van der Waals surface area contributed by atoms with Gasteiger partial charge in [0.1, 0.15) is 5.75 Å². The minimum absolute atomic E-state index is 0.146. The summed E-state index contributed by atoms with van der Waals surface area (Å²) in [6.45, 7) is 8.78. The predicted molar refractivity (Wildman–Crippen MR) is 111 cm³/mol. The average Bonchev–Trinajstić information content (AvgIpc) is 2.96. The molecule has 0 atom stereocenters. The first-order valence-corrected chi connectivity index (χ1v) is 11.1. The Labute approximate surface area is 170 Å². The summed E-state index contributed by atoms with van der Waals surface area (Å²) in [5.41, 5.74) is 3.64. The molecule has 1 aliphatic heterocycles. The second-order valence-electron chi connectivity index (χ2n) is 7.43. The second kappa shape index (κ2) is 7.03. The zero-order chi connectivity index (χ0) is 20.9. The molecule has 8 heteroatoms. The molecule has 2 aromatic heterocycles. The van der Waals surface area contributed by atoms with Crippen molar-refractivity contribution in [1.29, 1.82) is 0 Å². The van der Waals surface area contributed by atoms with E-state index >= 15 is 0 Å². The Hall–Kier alpha value is -2.58. The van der Waals surface area contributed by atoms with Crippen LogP contribution < -0.4 is 4.74 Å². The maximum absolute atomic E-state index is 13.4. The number of pyridine rings is 1. The number of fused-ring (bicyclic) bond motifs is 3. The number of benzene rings is 1. The van der Waals surface area contributed by atoms with Crippen molar-refractivity contribution in [2.24, 2.45) is 0 Å². The van der Waals surface area contributed by atoms with E-state index in [4.69, 9.17) is 4.74 Å². The van der Waals surface area contributed by atoms with Crippen LogP contribution in [0.1, 0.15) is 29.4 Å². The summed E-state index contributed by atoms with van der Waals surface area (Å²) in [5.74, 6) is 0.847. The van der Waals surface area contributed by atoms with Crippen molar-refractivity contribution >= 4 is 20.9 Å². The molecule has 3 heterocycles. The fourth-order valence-electron chi connectivity index (χ4n) is 3.91. The zero-order valence-corrected chi connectivity index (χ0v) is 17.9. The van der Waals surface area contributed by atoms with Crippen molar-refractivity contribution in [3.63, 3.8) is 0 Å². The second-order valence-corrected chi connectivity index (χ2v) is 9.33. The van der Waals surface area contributed by atoms with Crippen molar-refractivity contribution in [3.8, 4) is 11.6 Å². The Kier molecular flexibility index (Phi) is 4.78. The smallest absolute Gasteiger partial charge is 0.243 e. The Morgan fingerprint density at radius 3 is 2.62 bits per heavy atom. The van der Waals surface area contributed by atoms with Gasteiger partial charge in [-0.05, 0) is 63.1 Å². The molecule has 4 rings (SSSR count). The molecule has 0 unspecified atom stereocenters. The summed E-state index contributed by atoms with van der Waals surface area (Å²) in [5, 5.41) is 11.2. The average molecular weight is 416 g/mol. The molecule has 1 aromatic carbocycles.